The maximum Gasteiger partial charge on any atom is 0.296 e. The predicted octanol–water partition coefficient (Wildman–Crippen LogP) is 0.967. The molecule has 1 amide bonds. The Morgan fingerprint density at radius 1 is 1.36 bits per heavy atom. The number of rotatable bonds is 1. The van der Waals surface area contributed by atoms with Crippen LogP contribution in [0.4, 0.5) is 0 Å². The van der Waals surface area contributed by atoms with Crippen molar-refractivity contribution >= 4 is 5.91 Å². The number of hydrogen-bond acceptors (Lipinski definition) is 3. The molecule has 2 aliphatic rings. The van der Waals surface area contributed by atoms with Crippen molar-refractivity contribution in [1.82, 2.24) is 4.90 Å². The number of amides is 1. The molecule has 1 N–H and O–H groups in total. The lowest BCUT2D eigenvalue weighted by molar-refractivity contribution is -0.164. The summed E-state index contributed by atoms with van der Waals surface area (Å²) in [5.74, 6) is -0.334. The zero-order valence-corrected chi connectivity index (χ0v) is 8.06. The molecule has 0 spiro atoms. The number of carbonyl (C=O) groups is 1. The van der Waals surface area contributed by atoms with Crippen molar-refractivity contribution in [2.75, 3.05) is 0 Å². The van der Waals surface area contributed by atoms with Crippen LogP contribution in [0.3, 0.4) is 0 Å². The minimum absolute atomic E-state index is 0.256. The fourth-order valence-electron chi connectivity index (χ4n) is 2.10. The van der Waals surface area contributed by atoms with Gasteiger partial charge in [-0.25, -0.2) is 0 Å². The molecule has 0 aromatic rings. The highest BCUT2D eigenvalue weighted by Crippen LogP contribution is 2.24. The van der Waals surface area contributed by atoms with E-state index >= 15 is 0 Å². The molecule has 1 saturated carbocycles. The fourth-order valence-corrected chi connectivity index (χ4v) is 2.10. The fraction of sp³-hybridized carbons (Fsp3) is 0.700. The molecule has 1 unspecified atom stereocenters. The molecule has 1 aliphatic heterocycles. The van der Waals surface area contributed by atoms with E-state index in [0.29, 0.717) is 0 Å². The molecule has 1 aliphatic carbocycles. The van der Waals surface area contributed by atoms with Gasteiger partial charge in [-0.3, -0.25) is 4.79 Å². The monoisotopic (exact) mass is 197 g/mol. The minimum Gasteiger partial charge on any atom is -0.462 e. The standard InChI is InChI=1S/C10H15NO3/c12-9-10(13)14-7-6-11(9)8-4-2-1-3-5-8/h6-8,10,13H,1-5H2. The van der Waals surface area contributed by atoms with Crippen LogP contribution in [0.2, 0.25) is 0 Å². The third-order valence-electron chi connectivity index (χ3n) is 2.86. The Kier molecular flexibility index (Phi) is 2.72. The average Bonchev–Trinajstić information content (AvgIpc) is 2.23. The molecular formula is C10H15NO3. The second-order valence-corrected chi connectivity index (χ2v) is 3.81. The van der Waals surface area contributed by atoms with E-state index in [9.17, 15) is 9.90 Å². The van der Waals surface area contributed by atoms with Gasteiger partial charge in [-0.1, -0.05) is 19.3 Å². The van der Waals surface area contributed by atoms with E-state index in [1.54, 1.807) is 11.1 Å². The van der Waals surface area contributed by atoms with Crippen molar-refractivity contribution in [2.24, 2.45) is 0 Å². The number of nitrogens with zero attached hydrogens (tertiary/aromatic N) is 1. The summed E-state index contributed by atoms with van der Waals surface area (Å²) in [6, 6.07) is 0.256. The van der Waals surface area contributed by atoms with Crippen LogP contribution in [0, 0.1) is 0 Å². The highest BCUT2D eigenvalue weighted by molar-refractivity contribution is 5.81. The van der Waals surface area contributed by atoms with E-state index in [1.807, 2.05) is 0 Å². The highest BCUT2D eigenvalue weighted by atomic mass is 16.6. The molecule has 0 saturated heterocycles. The number of ether oxygens (including phenoxy) is 1. The van der Waals surface area contributed by atoms with E-state index in [4.69, 9.17) is 4.74 Å². The summed E-state index contributed by atoms with van der Waals surface area (Å²) in [5.41, 5.74) is 0. The van der Waals surface area contributed by atoms with Crippen LogP contribution >= 0.6 is 0 Å². The molecule has 14 heavy (non-hydrogen) atoms. The SMILES string of the molecule is O=C1C(O)OC=CN1C1CCCCC1. The van der Waals surface area contributed by atoms with Crippen LogP contribution < -0.4 is 0 Å². The number of aliphatic hydroxyl groups is 1. The number of aliphatic hydroxyl groups excluding tert-OH is 1. The van der Waals surface area contributed by atoms with Gasteiger partial charge in [-0.2, -0.15) is 0 Å². The summed E-state index contributed by atoms with van der Waals surface area (Å²) < 4.78 is 4.69. The second-order valence-electron chi connectivity index (χ2n) is 3.81. The van der Waals surface area contributed by atoms with Crippen LogP contribution in [-0.2, 0) is 9.53 Å². The van der Waals surface area contributed by atoms with Crippen LogP contribution in [0.1, 0.15) is 32.1 Å². The molecule has 4 nitrogen and oxygen atoms in total. The first kappa shape index (κ1) is 9.52. The molecule has 0 radical (unpaired) electrons. The van der Waals surface area contributed by atoms with Gasteiger partial charge in [-0.05, 0) is 12.8 Å². The molecule has 0 aromatic heterocycles. The van der Waals surface area contributed by atoms with Crippen LogP contribution in [-0.4, -0.2) is 28.2 Å². The molecule has 2 rings (SSSR count). The van der Waals surface area contributed by atoms with Crippen molar-refractivity contribution in [2.45, 2.75) is 44.4 Å². The normalized spacial score (nSPS) is 29.1. The van der Waals surface area contributed by atoms with Gasteiger partial charge in [0.05, 0.1) is 0 Å². The van der Waals surface area contributed by atoms with Crippen LogP contribution in [0.5, 0.6) is 0 Å². The first-order chi connectivity index (χ1) is 6.79. The Bertz CT molecular complexity index is 246. The van der Waals surface area contributed by atoms with E-state index in [2.05, 4.69) is 0 Å². The summed E-state index contributed by atoms with van der Waals surface area (Å²) >= 11 is 0. The first-order valence-corrected chi connectivity index (χ1v) is 5.11. The second kappa shape index (κ2) is 4.00. The smallest absolute Gasteiger partial charge is 0.296 e. The zero-order chi connectivity index (χ0) is 9.97. The van der Waals surface area contributed by atoms with Crippen molar-refractivity contribution in [3.8, 4) is 0 Å². The van der Waals surface area contributed by atoms with E-state index in [1.165, 1.54) is 25.5 Å². The molecule has 1 fully saturated rings. The van der Waals surface area contributed by atoms with Gasteiger partial charge in [0, 0.05) is 12.2 Å². The maximum atomic E-state index is 11.5. The van der Waals surface area contributed by atoms with Crippen LogP contribution in [0.15, 0.2) is 12.5 Å². The average molecular weight is 197 g/mol. The quantitative estimate of drug-likeness (QED) is 0.681. The topological polar surface area (TPSA) is 49.8 Å². The largest absolute Gasteiger partial charge is 0.462 e. The lowest BCUT2D eigenvalue weighted by atomic mass is 9.94. The van der Waals surface area contributed by atoms with E-state index in [-0.39, 0.29) is 11.9 Å². The lowest BCUT2D eigenvalue weighted by Crippen LogP contribution is -2.45. The number of carbonyl (C=O) groups excluding carboxylic acids is 1. The summed E-state index contributed by atoms with van der Waals surface area (Å²) in [6.07, 6.45) is 7.36. The van der Waals surface area contributed by atoms with E-state index in [0.717, 1.165) is 12.8 Å². The Labute approximate surface area is 83.2 Å². The summed E-state index contributed by atoms with van der Waals surface area (Å²) in [4.78, 5) is 13.1. The molecule has 0 aromatic carbocycles. The maximum absolute atomic E-state index is 11.5. The Balaban J connectivity index is 2.04. The van der Waals surface area contributed by atoms with Gasteiger partial charge in [0.15, 0.2) is 0 Å². The van der Waals surface area contributed by atoms with Gasteiger partial charge in [-0.15, -0.1) is 0 Å². The van der Waals surface area contributed by atoms with Gasteiger partial charge < -0.3 is 14.7 Å². The van der Waals surface area contributed by atoms with Crippen LogP contribution in [0.25, 0.3) is 0 Å². The van der Waals surface area contributed by atoms with Crippen molar-refractivity contribution in [3.63, 3.8) is 0 Å². The summed E-state index contributed by atoms with van der Waals surface area (Å²) in [5, 5.41) is 9.21. The molecule has 4 heteroatoms. The molecule has 78 valence electrons. The molecule has 1 heterocycles. The Hall–Kier alpha value is -1.03. The third kappa shape index (κ3) is 1.75. The zero-order valence-electron chi connectivity index (χ0n) is 8.06. The highest BCUT2D eigenvalue weighted by Gasteiger charge is 2.31. The molecule has 0 bridgehead atoms. The van der Waals surface area contributed by atoms with Gasteiger partial charge in [0.1, 0.15) is 6.26 Å². The molecular weight excluding hydrogens is 182 g/mol. The molecule has 1 atom stereocenters. The number of hydrogen-bond donors (Lipinski definition) is 1. The Morgan fingerprint density at radius 2 is 2.07 bits per heavy atom. The van der Waals surface area contributed by atoms with Crippen molar-refractivity contribution < 1.29 is 14.6 Å². The summed E-state index contributed by atoms with van der Waals surface area (Å²) in [6.45, 7) is 0. The van der Waals surface area contributed by atoms with Gasteiger partial charge >= 0.3 is 0 Å². The minimum atomic E-state index is -1.30. The predicted molar refractivity (Wildman–Crippen MR) is 50.0 cm³/mol. The lowest BCUT2D eigenvalue weighted by Gasteiger charge is -2.34. The Morgan fingerprint density at radius 3 is 2.79 bits per heavy atom. The van der Waals surface area contributed by atoms with Gasteiger partial charge in [0.2, 0.25) is 0 Å². The van der Waals surface area contributed by atoms with Gasteiger partial charge in [0.25, 0.3) is 12.2 Å². The summed E-state index contributed by atoms with van der Waals surface area (Å²) in [7, 11) is 0. The first-order valence-electron chi connectivity index (χ1n) is 5.11. The van der Waals surface area contributed by atoms with E-state index < -0.39 is 6.29 Å². The third-order valence-corrected chi connectivity index (χ3v) is 2.86. The van der Waals surface area contributed by atoms with Crippen molar-refractivity contribution in [1.29, 1.82) is 0 Å². The van der Waals surface area contributed by atoms with Crippen molar-refractivity contribution in [3.05, 3.63) is 12.5 Å².